The summed E-state index contributed by atoms with van der Waals surface area (Å²) in [5.41, 5.74) is 6.07. The second-order valence-corrected chi connectivity index (χ2v) is 5.50. The van der Waals surface area contributed by atoms with E-state index in [9.17, 15) is 9.90 Å². The van der Waals surface area contributed by atoms with Crippen LogP contribution < -0.4 is 5.73 Å². The molecule has 1 aliphatic rings. The molecule has 0 aliphatic heterocycles. The summed E-state index contributed by atoms with van der Waals surface area (Å²) in [6.07, 6.45) is 3.43. The van der Waals surface area contributed by atoms with Crippen LogP contribution in [0.4, 0.5) is 0 Å². The SMILES string of the molecule is CC(O)CCN(C)C(=O)C1C(C)CCCC1N. The maximum absolute atomic E-state index is 12.3. The maximum Gasteiger partial charge on any atom is 0.227 e. The van der Waals surface area contributed by atoms with Crippen molar-refractivity contribution in [1.29, 1.82) is 0 Å². The van der Waals surface area contributed by atoms with Crippen LogP contribution in [-0.4, -0.2) is 41.7 Å². The van der Waals surface area contributed by atoms with Crippen molar-refractivity contribution in [2.75, 3.05) is 13.6 Å². The number of carbonyl (C=O) groups is 1. The minimum atomic E-state index is -0.359. The zero-order valence-corrected chi connectivity index (χ0v) is 11.2. The van der Waals surface area contributed by atoms with Gasteiger partial charge >= 0.3 is 0 Å². The van der Waals surface area contributed by atoms with Crippen molar-refractivity contribution in [3.05, 3.63) is 0 Å². The molecule has 100 valence electrons. The molecule has 0 heterocycles. The number of rotatable bonds is 4. The minimum Gasteiger partial charge on any atom is -0.393 e. The first-order chi connectivity index (χ1) is 7.93. The predicted molar refractivity (Wildman–Crippen MR) is 68.4 cm³/mol. The molecule has 17 heavy (non-hydrogen) atoms. The van der Waals surface area contributed by atoms with E-state index in [0.717, 1.165) is 19.3 Å². The van der Waals surface area contributed by atoms with E-state index in [2.05, 4.69) is 6.92 Å². The van der Waals surface area contributed by atoms with E-state index < -0.39 is 0 Å². The van der Waals surface area contributed by atoms with Crippen LogP contribution in [0.5, 0.6) is 0 Å². The van der Waals surface area contributed by atoms with Gasteiger partial charge in [-0.3, -0.25) is 4.79 Å². The summed E-state index contributed by atoms with van der Waals surface area (Å²) in [7, 11) is 1.80. The smallest absolute Gasteiger partial charge is 0.227 e. The fourth-order valence-electron chi connectivity index (χ4n) is 2.63. The third-order valence-corrected chi connectivity index (χ3v) is 3.81. The van der Waals surface area contributed by atoms with Crippen molar-refractivity contribution < 1.29 is 9.90 Å². The molecule has 4 nitrogen and oxygen atoms in total. The number of aliphatic hydroxyl groups excluding tert-OH is 1. The number of hydrogen-bond acceptors (Lipinski definition) is 3. The van der Waals surface area contributed by atoms with Crippen LogP contribution in [0, 0.1) is 11.8 Å². The molecule has 0 radical (unpaired) electrons. The average molecular weight is 242 g/mol. The molecule has 0 bridgehead atoms. The Hall–Kier alpha value is -0.610. The Labute approximate surface area is 104 Å². The molecule has 0 aromatic carbocycles. The maximum atomic E-state index is 12.3. The highest BCUT2D eigenvalue weighted by Gasteiger charge is 2.35. The van der Waals surface area contributed by atoms with Crippen LogP contribution in [-0.2, 0) is 4.79 Å². The van der Waals surface area contributed by atoms with Gasteiger partial charge in [0, 0.05) is 19.6 Å². The summed E-state index contributed by atoms with van der Waals surface area (Å²) in [5, 5.41) is 9.23. The Balaban J connectivity index is 2.54. The standard InChI is InChI=1S/C13H26N2O2/c1-9-5-4-6-11(14)12(9)13(17)15(3)8-7-10(2)16/h9-12,16H,4-8,14H2,1-3H3. The van der Waals surface area contributed by atoms with Gasteiger partial charge in [0.25, 0.3) is 0 Å². The van der Waals surface area contributed by atoms with Crippen molar-refractivity contribution in [2.45, 2.75) is 51.7 Å². The lowest BCUT2D eigenvalue weighted by atomic mass is 9.76. The van der Waals surface area contributed by atoms with Gasteiger partial charge in [0.15, 0.2) is 0 Å². The minimum absolute atomic E-state index is 0.000231. The van der Waals surface area contributed by atoms with E-state index in [1.807, 2.05) is 0 Å². The molecule has 4 heteroatoms. The molecule has 4 atom stereocenters. The topological polar surface area (TPSA) is 66.6 Å². The molecular weight excluding hydrogens is 216 g/mol. The monoisotopic (exact) mass is 242 g/mol. The van der Waals surface area contributed by atoms with Crippen LogP contribution in [0.3, 0.4) is 0 Å². The van der Waals surface area contributed by atoms with E-state index in [1.54, 1.807) is 18.9 Å². The summed E-state index contributed by atoms with van der Waals surface area (Å²) in [5.74, 6) is 0.480. The average Bonchev–Trinajstić information content (AvgIpc) is 2.25. The van der Waals surface area contributed by atoms with Crippen molar-refractivity contribution >= 4 is 5.91 Å². The Bertz CT molecular complexity index is 246. The number of amides is 1. The van der Waals surface area contributed by atoms with Gasteiger partial charge in [-0.25, -0.2) is 0 Å². The van der Waals surface area contributed by atoms with E-state index in [-0.39, 0.29) is 24.0 Å². The van der Waals surface area contributed by atoms with Gasteiger partial charge in [0.1, 0.15) is 0 Å². The molecule has 1 saturated carbocycles. The fraction of sp³-hybridized carbons (Fsp3) is 0.923. The first-order valence-electron chi connectivity index (χ1n) is 6.62. The molecule has 1 amide bonds. The second kappa shape index (κ2) is 6.36. The molecule has 0 aromatic rings. The van der Waals surface area contributed by atoms with Crippen LogP contribution in [0.25, 0.3) is 0 Å². The molecule has 0 aromatic heterocycles. The number of hydrogen-bond donors (Lipinski definition) is 2. The highest BCUT2D eigenvalue weighted by molar-refractivity contribution is 5.79. The van der Waals surface area contributed by atoms with Gasteiger partial charge < -0.3 is 15.7 Å². The Kier molecular flexibility index (Phi) is 5.40. The van der Waals surface area contributed by atoms with Crippen LogP contribution in [0.15, 0.2) is 0 Å². The number of nitrogens with two attached hydrogens (primary N) is 1. The highest BCUT2D eigenvalue weighted by Crippen LogP contribution is 2.30. The lowest BCUT2D eigenvalue weighted by Gasteiger charge is -2.35. The van der Waals surface area contributed by atoms with Crippen molar-refractivity contribution in [3.8, 4) is 0 Å². The van der Waals surface area contributed by atoms with Crippen molar-refractivity contribution in [1.82, 2.24) is 4.90 Å². The van der Waals surface area contributed by atoms with Crippen molar-refractivity contribution in [2.24, 2.45) is 17.6 Å². The Morgan fingerprint density at radius 3 is 2.71 bits per heavy atom. The summed E-state index contributed by atoms with van der Waals surface area (Å²) < 4.78 is 0. The Morgan fingerprint density at radius 2 is 2.18 bits per heavy atom. The number of nitrogens with zero attached hydrogens (tertiary/aromatic N) is 1. The molecule has 1 fully saturated rings. The second-order valence-electron chi connectivity index (χ2n) is 5.50. The predicted octanol–water partition coefficient (Wildman–Crippen LogP) is 0.979. The molecule has 3 N–H and O–H groups in total. The molecule has 1 aliphatic carbocycles. The van der Waals surface area contributed by atoms with Gasteiger partial charge in [0.05, 0.1) is 12.0 Å². The fourth-order valence-corrected chi connectivity index (χ4v) is 2.63. The first kappa shape index (κ1) is 14.5. The highest BCUT2D eigenvalue weighted by atomic mass is 16.3. The van der Waals surface area contributed by atoms with E-state index in [1.165, 1.54) is 0 Å². The molecule has 0 saturated heterocycles. The van der Waals surface area contributed by atoms with Crippen molar-refractivity contribution in [3.63, 3.8) is 0 Å². The molecule has 4 unspecified atom stereocenters. The molecular formula is C13H26N2O2. The Morgan fingerprint density at radius 1 is 1.53 bits per heavy atom. The van der Waals surface area contributed by atoms with Crippen LogP contribution in [0.1, 0.15) is 39.5 Å². The third kappa shape index (κ3) is 3.96. The van der Waals surface area contributed by atoms with E-state index in [4.69, 9.17) is 5.73 Å². The van der Waals surface area contributed by atoms with E-state index in [0.29, 0.717) is 18.9 Å². The number of carbonyl (C=O) groups excluding carboxylic acids is 1. The van der Waals surface area contributed by atoms with Gasteiger partial charge in [-0.05, 0) is 32.1 Å². The first-order valence-corrected chi connectivity index (χ1v) is 6.62. The largest absolute Gasteiger partial charge is 0.393 e. The van der Waals surface area contributed by atoms with Gasteiger partial charge in [-0.15, -0.1) is 0 Å². The normalized spacial score (nSPS) is 31.0. The summed E-state index contributed by atoms with van der Waals surface area (Å²) in [6.45, 7) is 4.46. The molecule has 1 rings (SSSR count). The van der Waals surface area contributed by atoms with Gasteiger partial charge in [-0.1, -0.05) is 13.3 Å². The summed E-state index contributed by atoms with van der Waals surface area (Å²) in [6, 6.07) is 0.000231. The van der Waals surface area contributed by atoms with Crippen LogP contribution >= 0.6 is 0 Å². The van der Waals surface area contributed by atoms with Gasteiger partial charge in [-0.2, -0.15) is 0 Å². The lowest BCUT2D eigenvalue weighted by molar-refractivity contribution is -0.137. The quantitative estimate of drug-likeness (QED) is 0.772. The third-order valence-electron chi connectivity index (χ3n) is 3.81. The number of aliphatic hydroxyl groups is 1. The van der Waals surface area contributed by atoms with Crippen LogP contribution in [0.2, 0.25) is 0 Å². The lowest BCUT2D eigenvalue weighted by Crippen LogP contribution is -2.48. The zero-order valence-electron chi connectivity index (χ0n) is 11.2. The summed E-state index contributed by atoms with van der Waals surface area (Å²) >= 11 is 0. The van der Waals surface area contributed by atoms with Gasteiger partial charge in [0.2, 0.25) is 5.91 Å². The summed E-state index contributed by atoms with van der Waals surface area (Å²) in [4.78, 5) is 14.0. The zero-order chi connectivity index (χ0) is 13.0. The van der Waals surface area contributed by atoms with E-state index >= 15 is 0 Å². The molecule has 0 spiro atoms.